The zero-order valence-corrected chi connectivity index (χ0v) is 7.32. The van der Waals surface area contributed by atoms with Gasteiger partial charge < -0.3 is 19.3 Å². The molecule has 0 amide bonds. The highest BCUT2D eigenvalue weighted by atomic mass is 16.8. The Balaban J connectivity index is 1.97. The van der Waals surface area contributed by atoms with Crippen molar-refractivity contribution in [1.82, 2.24) is 0 Å². The summed E-state index contributed by atoms with van der Waals surface area (Å²) in [4.78, 5) is 0. The molecule has 0 aromatic rings. The van der Waals surface area contributed by atoms with Crippen LogP contribution in [0.1, 0.15) is 20.3 Å². The molecule has 2 aliphatic rings. The maximum Gasteiger partial charge on any atom is 0.187 e. The quantitative estimate of drug-likeness (QED) is 0.619. The van der Waals surface area contributed by atoms with E-state index in [2.05, 4.69) is 0 Å². The van der Waals surface area contributed by atoms with Crippen molar-refractivity contribution in [3.8, 4) is 0 Å². The lowest BCUT2D eigenvalue weighted by Gasteiger charge is -2.19. The van der Waals surface area contributed by atoms with Crippen molar-refractivity contribution in [3.05, 3.63) is 0 Å². The third-order valence-corrected chi connectivity index (χ3v) is 2.16. The molecule has 0 unspecified atom stereocenters. The zero-order chi connectivity index (χ0) is 8.77. The molecule has 2 rings (SSSR count). The van der Waals surface area contributed by atoms with E-state index in [1.807, 2.05) is 13.8 Å². The van der Waals surface area contributed by atoms with Gasteiger partial charge in [-0.05, 0) is 13.8 Å². The lowest BCUT2D eigenvalue weighted by Crippen LogP contribution is -2.25. The number of ether oxygens (including phenoxy) is 3. The fourth-order valence-corrected chi connectivity index (χ4v) is 1.70. The first-order chi connectivity index (χ1) is 5.61. The predicted molar refractivity (Wildman–Crippen MR) is 40.4 cm³/mol. The summed E-state index contributed by atoms with van der Waals surface area (Å²) in [5.41, 5.74) is 0. The minimum atomic E-state index is -0.532. The molecule has 0 aromatic carbocycles. The summed E-state index contributed by atoms with van der Waals surface area (Å²) in [5.74, 6) is -0.532. The van der Waals surface area contributed by atoms with Crippen LogP contribution >= 0.6 is 0 Å². The van der Waals surface area contributed by atoms with Crippen molar-refractivity contribution in [2.45, 2.75) is 44.6 Å². The maximum absolute atomic E-state index is 8.82. The molecule has 2 aliphatic heterocycles. The van der Waals surface area contributed by atoms with Gasteiger partial charge >= 0.3 is 0 Å². The third kappa shape index (κ3) is 1.35. The Morgan fingerprint density at radius 1 is 1.42 bits per heavy atom. The zero-order valence-electron chi connectivity index (χ0n) is 7.32. The van der Waals surface area contributed by atoms with E-state index >= 15 is 0 Å². The minimum absolute atomic E-state index is 0.00264. The van der Waals surface area contributed by atoms with Gasteiger partial charge in [-0.15, -0.1) is 0 Å². The molecule has 12 heavy (non-hydrogen) atoms. The molecule has 0 bridgehead atoms. The Labute approximate surface area is 71.4 Å². The Morgan fingerprint density at radius 3 is 2.75 bits per heavy atom. The van der Waals surface area contributed by atoms with E-state index in [1.54, 1.807) is 0 Å². The van der Waals surface area contributed by atoms with Gasteiger partial charge in [-0.2, -0.15) is 0 Å². The number of aliphatic hydroxyl groups excluding tert-OH is 1. The molecule has 1 N–H and O–H groups in total. The van der Waals surface area contributed by atoms with Gasteiger partial charge in [0.25, 0.3) is 0 Å². The van der Waals surface area contributed by atoms with E-state index < -0.39 is 5.79 Å². The van der Waals surface area contributed by atoms with Gasteiger partial charge in [0.1, 0.15) is 6.10 Å². The van der Waals surface area contributed by atoms with Crippen LogP contribution in [0.5, 0.6) is 0 Å². The molecule has 0 aliphatic carbocycles. The molecule has 0 saturated carbocycles. The van der Waals surface area contributed by atoms with Crippen LogP contribution in [-0.2, 0) is 14.2 Å². The van der Waals surface area contributed by atoms with E-state index in [4.69, 9.17) is 19.3 Å². The second-order valence-electron chi connectivity index (χ2n) is 3.72. The van der Waals surface area contributed by atoms with Crippen LogP contribution in [0.2, 0.25) is 0 Å². The van der Waals surface area contributed by atoms with Gasteiger partial charge in [0.05, 0.1) is 12.7 Å². The van der Waals surface area contributed by atoms with Gasteiger partial charge in [0.2, 0.25) is 0 Å². The van der Waals surface area contributed by atoms with E-state index in [9.17, 15) is 0 Å². The molecule has 3 atom stereocenters. The van der Waals surface area contributed by atoms with E-state index in [1.165, 1.54) is 0 Å². The fraction of sp³-hybridized carbons (Fsp3) is 1.00. The summed E-state index contributed by atoms with van der Waals surface area (Å²) in [6, 6.07) is 0. The molecule has 70 valence electrons. The molecule has 0 aromatic heterocycles. The Bertz CT molecular complexity index is 164. The maximum atomic E-state index is 8.82. The summed E-state index contributed by atoms with van der Waals surface area (Å²) in [6.07, 6.45) is 0.329. The van der Waals surface area contributed by atoms with Crippen LogP contribution in [0, 0.1) is 0 Å². The number of aliphatic hydroxyl groups is 1. The predicted octanol–water partition coefficient (Wildman–Crippen LogP) is 0.245. The molecule has 4 nitrogen and oxygen atoms in total. The van der Waals surface area contributed by atoms with Crippen molar-refractivity contribution in [1.29, 1.82) is 0 Å². The van der Waals surface area contributed by atoms with E-state index in [-0.39, 0.29) is 25.1 Å². The van der Waals surface area contributed by atoms with Gasteiger partial charge in [0, 0.05) is 6.42 Å². The van der Waals surface area contributed by atoms with Crippen molar-refractivity contribution in [2.75, 3.05) is 6.61 Å². The largest absolute Gasteiger partial charge is 0.394 e. The summed E-state index contributed by atoms with van der Waals surface area (Å²) < 4.78 is 16.4. The first-order valence-corrected chi connectivity index (χ1v) is 4.23. The summed E-state index contributed by atoms with van der Waals surface area (Å²) in [6.45, 7) is 3.77. The molecular weight excluding hydrogens is 160 g/mol. The summed E-state index contributed by atoms with van der Waals surface area (Å²) in [5, 5.41) is 8.82. The van der Waals surface area contributed by atoms with Gasteiger partial charge in [-0.25, -0.2) is 0 Å². The Morgan fingerprint density at radius 2 is 2.17 bits per heavy atom. The number of hydrogen-bond donors (Lipinski definition) is 1. The molecule has 2 saturated heterocycles. The third-order valence-electron chi connectivity index (χ3n) is 2.16. The molecule has 0 radical (unpaired) electrons. The normalized spacial score (nSPS) is 44.8. The smallest absolute Gasteiger partial charge is 0.187 e. The molecule has 4 heteroatoms. The average Bonchev–Trinajstić information content (AvgIpc) is 2.40. The van der Waals surface area contributed by atoms with Crippen LogP contribution < -0.4 is 0 Å². The number of rotatable bonds is 1. The van der Waals surface area contributed by atoms with Crippen LogP contribution in [0.4, 0.5) is 0 Å². The standard InChI is InChI=1S/C8H14O4/c1-8(2)11-6-3-5(4-9)10-7(6)12-8/h5-7,9H,3-4H2,1-2H3/t5-,6-,7-/m1/s1. The first kappa shape index (κ1) is 8.44. The molecular formula is C8H14O4. The van der Waals surface area contributed by atoms with E-state index in [0.717, 1.165) is 6.42 Å². The number of fused-ring (bicyclic) bond motifs is 1. The fourth-order valence-electron chi connectivity index (χ4n) is 1.70. The van der Waals surface area contributed by atoms with Crippen LogP contribution in [0.25, 0.3) is 0 Å². The lowest BCUT2D eigenvalue weighted by atomic mass is 10.2. The van der Waals surface area contributed by atoms with Gasteiger partial charge in [0.15, 0.2) is 12.1 Å². The Kier molecular flexibility index (Phi) is 1.88. The molecule has 2 fully saturated rings. The molecule has 2 heterocycles. The highest BCUT2D eigenvalue weighted by molar-refractivity contribution is 4.84. The van der Waals surface area contributed by atoms with Crippen LogP contribution in [0.3, 0.4) is 0 Å². The number of hydrogen-bond acceptors (Lipinski definition) is 4. The highest BCUT2D eigenvalue weighted by Gasteiger charge is 2.48. The minimum Gasteiger partial charge on any atom is -0.394 e. The van der Waals surface area contributed by atoms with Crippen molar-refractivity contribution < 1.29 is 19.3 Å². The van der Waals surface area contributed by atoms with Crippen molar-refractivity contribution in [3.63, 3.8) is 0 Å². The SMILES string of the molecule is CC1(C)O[C@H]2O[C@@H](CO)C[C@H]2O1. The van der Waals surface area contributed by atoms with Gasteiger partial charge in [-0.3, -0.25) is 0 Å². The van der Waals surface area contributed by atoms with E-state index in [0.29, 0.717) is 0 Å². The Hall–Kier alpha value is -0.160. The summed E-state index contributed by atoms with van der Waals surface area (Å²) >= 11 is 0. The second kappa shape index (κ2) is 2.67. The van der Waals surface area contributed by atoms with Gasteiger partial charge in [-0.1, -0.05) is 0 Å². The van der Waals surface area contributed by atoms with Crippen LogP contribution in [-0.4, -0.2) is 36.0 Å². The second-order valence-corrected chi connectivity index (χ2v) is 3.72. The first-order valence-electron chi connectivity index (χ1n) is 4.23. The summed E-state index contributed by atoms with van der Waals surface area (Å²) in [7, 11) is 0. The average molecular weight is 174 g/mol. The topological polar surface area (TPSA) is 47.9 Å². The monoisotopic (exact) mass is 174 g/mol. The van der Waals surface area contributed by atoms with Crippen LogP contribution in [0.15, 0.2) is 0 Å². The molecule has 0 spiro atoms. The van der Waals surface area contributed by atoms with Crippen molar-refractivity contribution in [2.24, 2.45) is 0 Å². The highest BCUT2D eigenvalue weighted by Crippen LogP contribution is 2.36. The lowest BCUT2D eigenvalue weighted by molar-refractivity contribution is -0.207. The van der Waals surface area contributed by atoms with Crippen molar-refractivity contribution >= 4 is 0 Å².